The van der Waals surface area contributed by atoms with Crippen molar-refractivity contribution < 1.29 is 28.6 Å². The normalized spacial score (nSPS) is 12.5. The van der Waals surface area contributed by atoms with E-state index in [1.807, 2.05) is 0 Å². The van der Waals surface area contributed by atoms with Crippen molar-refractivity contribution in [3.63, 3.8) is 0 Å². The fourth-order valence-corrected chi connectivity index (χ4v) is 10.5. The van der Waals surface area contributed by atoms with Crippen molar-refractivity contribution in [2.45, 2.75) is 380 Å². The summed E-state index contributed by atoms with van der Waals surface area (Å²) in [4.78, 5) is 38.5. The second-order valence-electron chi connectivity index (χ2n) is 24.1. The highest BCUT2D eigenvalue weighted by Crippen LogP contribution is 2.18. The van der Waals surface area contributed by atoms with E-state index in [-0.39, 0.29) is 31.1 Å². The molecule has 0 saturated heterocycles. The van der Waals surface area contributed by atoms with E-state index < -0.39 is 6.10 Å². The fraction of sp³-hybridized carbons (Fsp3) is 0.803. The van der Waals surface area contributed by atoms with Crippen LogP contribution in [0.1, 0.15) is 374 Å². The average molecular weight is 1150 g/mol. The van der Waals surface area contributed by atoms with Crippen LogP contribution < -0.4 is 0 Å². The Balaban J connectivity index is 4.32. The molecule has 0 aliphatic carbocycles. The molecule has 0 amide bonds. The van der Waals surface area contributed by atoms with Crippen LogP contribution in [0.15, 0.2) is 72.9 Å². The summed E-state index contributed by atoms with van der Waals surface area (Å²) in [5.74, 6) is -0.865. The van der Waals surface area contributed by atoms with Gasteiger partial charge in [0.15, 0.2) is 6.10 Å². The van der Waals surface area contributed by atoms with E-state index in [1.54, 1.807) is 0 Å². The van der Waals surface area contributed by atoms with Gasteiger partial charge in [-0.25, -0.2) is 0 Å². The maximum atomic E-state index is 13.0. The lowest BCUT2D eigenvalue weighted by Gasteiger charge is -2.18. The first-order valence-corrected chi connectivity index (χ1v) is 35.9. The average Bonchev–Trinajstić information content (AvgIpc) is 3.47. The van der Waals surface area contributed by atoms with Crippen molar-refractivity contribution in [2.75, 3.05) is 13.2 Å². The molecule has 0 N–H and O–H groups in total. The summed E-state index contributed by atoms with van der Waals surface area (Å²) < 4.78 is 17.0. The summed E-state index contributed by atoms with van der Waals surface area (Å²) in [7, 11) is 0. The molecular weight excluding hydrogens is 1010 g/mol. The maximum absolute atomic E-state index is 13.0. The van der Waals surface area contributed by atoms with E-state index in [0.29, 0.717) is 19.3 Å². The third-order valence-electron chi connectivity index (χ3n) is 15.9. The minimum absolute atomic E-state index is 0.0763. The molecule has 0 radical (unpaired) electrons. The predicted molar refractivity (Wildman–Crippen MR) is 358 cm³/mol. The molecule has 0 saturated carbocycles. The molecule has 1 unspecified atom stereocenters. The summed E-state index contributed by atoms with van der Waals surface area (Å²) in [5.41, 5.74) is 0. The number of carbonyl (C=O) groups excluding carboxylic acids is 3. The number of ether oxygens (including phenoxy) is 3. The van der Waals surface area contributed by atoms with Crippen LogP contribution in [0.4, 0.5) is 0 Å². The van der Waals surface area contributed by atoms with Gasteiger partial charge in [-0.2, -0.15) is 0 Å². The van der Waals surface area contributed by atoms with Crippen molar-refractivity contribution in [2.24, 2.45) is 0 Å². The molecule has 0 bridgehead atoms. The highest BCUT2D eigenvalue weighted by atomic mass is 16.6. The van der Waals surface area contributed by atoms with Crippen LogP contribution in [-0.4, -0.2) is 37.2 Å². The molecule has 0 heterocycles. The second kappa shape index (κ2) is 70.3. The summed E-state index contributed by atoms with van der Waals surface area (Å²) in [6, 6.07) is 0. The van der Waals surface area contributed by atoms with Gasteiger partial charge in [0.1, 0.15) is 13.2 Å². The number of esters is 3. The Morgan fingerprint density at radius 2 is 0.476 bits per heavy atom. The maximum Gasteiger partial charge on any atom is 0.306 e. The minimum Gasteiger partial charge on any atom is -0.462 e. The minimum atomic E-state index is -0.781. The quantitative estimate of drug-likeness (QED) is 0.0261. The Kier molecular flexibility index (Phi) is 67.6. The lowest BCUT2D eigenvalue weighted by Crippen LogP contribution is -2.30. The number of carbonyl (C=O) groups is 3. The van der Waals surface area contributed by atoms with Gasteiger partial charge in [-0.1, -0.05) is 318 Å². The standard InChI is InChI=1S/C76H136O6/c1-4-7-10-13-16-19-22-25-28-31-33-35-37-38-40-41-43-45-48-51-54-57-60-63-66-69-75(78)81-72-73(71-80-74(77)68-65-62-59-56-53-50-47-30-27-24-21-18-15-12-9-6-3)82-76(79)70-67-64-61-58-55-52-49-46-44-42-39-36-34-32-29-26-23-20-17-14-11-8-5-2/h7,10,16,19,25,28,30,32-35,47,73H,4-6,8-9,11-15,17-18,20-24,26-27,29,31,36-46,48-72H2,1-3H3/b10-7-,19-16-,28-25-,34-32-,35-33-,47-30-. The van der Waals surface area contributed by atoms with Gasteiger partial charge in [-0.05, 0) is 109 Å². The zero-order valence-corrected chi connectivity index (χ0v) is 54.8. The molecule has 0 rings (SSSR count). The van der Waals surface area contributed by atoms with Crippen molar-refractivity contribution in [3.8, 4) is 0 Å². The molecule has 1 atom stereocenters. The number of rotatable bonds is 66. The fourth-order valence-electron chi connectivity index (χ4n) is 10.5. The van der Waals surface area contributed by atoms with Crippen LogP contribution in [0.5, 0.6) is 0 Å². The Bertz CT molecular complexity index is 1500. The Morgan fingerprint density at radius 3 is 0.756 bits per heavy atom. The molecular formula is C76H136O6. The summed E-state index contributed by atoms with van der Waals surface area (Å²) in [6.07, 6.45) is 92.1. The van der Waals surface area contributed by atoms with Gasteiger partial charge in [-0.15, -0.1) is 0 Å². The number of hydrogen-bond acceptors (Lipinski definition) is 6. The lowest BCUT2D eigenvalue weighted by molar-refractivity contribution is -0.167. The predicted octanol–water partition coefficient (Wildman–Crippen LogP) is 24.8. The third-order valence-corrected chi connectivity index (χ3v) is 15.9. The first kappa shape index (κ1) is 78.8. The first-order valence-electron chi connectivity index (χ1n) is 35.9. The van der Waals surface area contributed by atoms with Crippen LogP contribution in [-0.2, 0) is 28.6 Å². The van der Waals surface area contributed by atoms with Gasteiger partial charge in [0, 0.05) is 19.3 Å². The van der Waals surface area contributed by atoms with Gasteiger partial charge in [0.2, 0.25) is 0 Å². The molecule has 0 fully saturated rings. The van der Waals surface area contributed by atoms with Gasteiger partial charge >= 0.3 is 17.9 Å². The van der Waals surface area contributed by atoms with Gasteiger partial charge in [0.25, 0.3) is 0 Å². The summed E-state index contributed by atoms with van der Waals surface area (Å²) in [5, 5.41) is 0. The summed E-state index contributed by atoms with van der Waals surface area (Å²) in [6.45, 7) is 6.58. The van der Waals surface area contributed by atoms with Crippen molar-refractivity contribution in [1.29, 1.82) is 0 Å². The van der Waals surface area contributed by atoms with Crippen LogP contribution in [0.2, 0.25) is 0 Å². The molecule has 476 valence electrons. The van der Waals surface area contributed by atoms with Crippen molar-refractivity contribution in [3.05, 3.63) is 72.9 Å². The zero-order chi connectivity index (χ0) is 59.2. The number of allylic oxidation sites excluding steroid dienone is 12. The molecule has 0 aromatic carbocycles. The van der Waals surface area contributed by atoms with Crippen LogP contribution >= 0.6 is 0 Å². The van der Waals surface area contributed by atoms with Gasteiger partial charge in [0.05, 0.1) is 0 Å². The first-order chi connectivity index (χ1) is 40.5. The number of unbranched alkanes of at least 4 members (excludes halogenated alkanes) is 43. The molecule has 82 heavy (non-hydrogen) atoms. The highest BCUT2D eigenvalue weighted by molar-refractivity contribution is 5.71. The van der Waals surface area contributed by atoms with E-state index in [2.05, 4.69) is 93.7 Å². The smallest absolute Gasteiger partial charge is 0.306 e. The van der Waals surface area contributed by atoms with Crippen molar-refractivity contribution in [1.82, 2.24) is 0 Å². The van der Waals surface area contributed by atoms with E-state index >= 15 is 0 Å². The van der Waals surface area contributed by atoms with E-state index in [9.17, 15) is 14.4 Å². The van der Waals surface area contributed by atoms with Crippen LogP contribution in [0, 0.1) is 0 Å². The SMILES string of the molecule is CC/C=C\C/C=C\C/C=C\C/C=C\CCCCCCCCCCCCCCC(=O)OCC(COC(=O)CCCCCCC/C=C\CCCCCCCCC)OC(=O)CCCCCCCCCCCCC/C=C\CCCCCCCCCC. The topological polar surface area (TPSA) is 78.9 Å². The van der Waals surface area contributed by atoms with Crippen LogP contribution in [0.3, 0.4) is 0 Å². The van der Waals surface area contributed by atoms with Crippen LogP contribution in [0.25, 0.3) is 0 Å². The molecule has 0 aliphatic rings. The second-order valence-corrected chi connectivity index (χ2v) is 24.1. The molecule has 0 aliphatic heterocycles. The summed E-state index contributed by atoms with van der Waals surface area (Å²) >= 11 is 0. The Labute approximate surface area is 510 Å². The van der Waals surface area contributed by atoms with Gasteiger partial charge in [-0.3, -0.25) is 14.4 Å². The molecule has 6 nitrogen and oxygen atoms in total. The van der Waals surface area contributed by atoms with Gasteiger partial charge < -0.3 is 14.2 Å². The molecule has 0 aromatic heterocycles. The molecule has 0 spiro atoms. The van der Waals surface area contributed by atoms with E-state index in [0.717, 1.165) is 89.9 Å². The molecule has 6 heteroatoms. The zero-order valence-electron chi connectivity index (χ0n) is 54.8. The largest absolute Gasteiger partial charge is 0.462 e. The lowest BCUT2D eigenvalue weighted by atomic mass is 10.0. The Morgan fingerprint density at radius 1 is 0.256 bits per heavy atom. The van der Waals surface area contributed by atoms with Crippen molar-refractivity contribution >= 4 is 17.9 Å². The highest BCUT2D eigenvalue weighted by Gasteiger charge is 2.19. The number of hydrogen-bond donors (Lipinski definition) is 0. The van der Waals surface area contributed by atoms with E-state index in [4.69, 9.17) is 14.2 Å². The van der Waals surface area contributed by atoms with E-state index in [1.165, 1.54) is 244 Å². The monoisotopic (exact) mass is 1150 g/mol. The Hall–Kier alpha value is -3.15. The third kappa shape index (κ3) is 67.6. The molecule has 0 aromatic rings.